The maximum absolute atomic E-state index is 12.3. The van der Waals surface area contributed by atoms with Crippen LogP contribution in [0.15, 0.2) is 48.5 Å². The number of nitrogens with one attached hydrogen (secondary N) is 1. The van der Waals surface area contributed by atoms with E-state index in [-0.39, 0.29) is 11.8 Å². The van der Waals surface area contributed by atoms with Gasteiger partial charge < -0.3 is 14.8 Å². The molecule has 0 aromatic heterocycles. The third kappa shape index (κ3) is 5.53. The summed E-state index contributed by atoms with van der Waals surface area (Å²) in [6.07, 6.45) is 0. The van der Waals surface area contributed by atoms with E-state index in [1.165, 1.54) is 6.07 Å². The Labute approximate surface area is 135 Å². The fraction of sp³-hybridized carbons (Fsp3) is 0.333. The van der Waals surface area contributed by atoms with Gasteiger partial charge in [-0.25, -0.2) is 0 Å². The molecule has 3 nitrogen and oxygen atoms in total. The second-order valence-corrected chi connectivity index (χ2v) is 5.13. The lowest BCUT2D eigenvalue weighted by atomic mass is 10.1. The van der Waals surface area contributed by atoms with Crippen LogP contribution in [-0.2, 0) is 6.54 Å². The van der Waals surface area contributed by atoms with Crippen LogP contribution in [0.5, 0.6) is 11.5 Å². The highest BCUT2D eigenvalue weighted by molar-refractivity contribution is 5.31. The monoisotopic (exact) mass is 321 g/mol. The number of hydrogen-bond acceptors (Lipinski definition) is 3. The van der Waals surface area contributed by atoms with Gasteiger partial charge in [0, 0.05) is 12.6 Å². The van der Waals surface area contributed by atoms with E-state index in [1.54, 1.807) is 12.1 Å². The van der Waals surface area contributed by atoms with Crippen LogP contribution in [0, 0.1) is 0 Å². The molecule has 0 aliphatic heterocycles. The maximum atomic E-state index is 12.3. The molecule has 0 spiro atoms. The quantitative estimate of drug-likeness (QED) is 0.774. The van der Waals surface area contributed by atoms with E-state index >= 15 is 0 Å². The molecule has 1 N–H and O–H groups in total. The van der Waals surface area contributed by atoms with Crippen LogP contribution in [-0.4, -0.2) is 13.2 Å². The third-order valence-electron chi connectivity index (χ3n) is 3.43. The van der Waals surface area contributed by atoms with E-state index in [0.29, 0.717) is 13.2 Å². The second-order valence-electron chi connectivity index (χ2n) is 5.13. The van der Waals surface area contributed by atoms with Crippen LogP contribution < -0.4 is 14.8 Å². The standard InChI is InChI=1S/C18H21F2NO2/c1-3-22-16-9-7-14(8-10-16)12-21-13(2)15-5-4-6-17(11-15)23-18(19)20/h4-11,13,18,21H,3,12H2,1-2H3. The first-order valence-electron chi connectivity index (χ1n) is 7.58. The van der Waals surface area contributed by atoms with Crippen LogP contribution in [0.1, 0.15) is 31.0 Å². The summed E-state index contributed by atoms with van der Waals surface area (Å²) >= 11 is 0. The van der Waals surface area contributed by atoms with Crippen molar-refractivity contribution in [1.82, 2.24) is 5.32 Å². The first kappa shape index (κ1) is 17.2. The van der Waals surface area contributed by atoms with Crippen molar-refractivity contribution in [1.29, 1.82) is 0 Å². The molecule has 23 heavy (non-hydrogen) atoms. The van der Waals surface area contributed by atoms with Gasteiger partial charge >= 0.3 is 6.61 Å². The second kappa shape index (κ2) is 8.48. The lowest BCUT2D eigenvalue weighted by Gasteiger charge is -2.16. The summed E-state index contributed by atoms with van der Waals surface area (Å²) in [6, 6.07) is 14.6. The Morgan fingerprint density at radius 3 is 2.43 bits per heavy atom. The normalized spacial score (nSPS) is 12.2. The minimum Gasteiger partial charge on any atom is -0.494 e. The molecule has 0 radical (unpaired) electrons. The van der Waals surface area contributed by atoms with Gasteiger partial charge in [-0.15, -0.1) is 0 Å². The van der Waals surface area contributed by atoms with E-state index in [9.17, 15) is 8.78 Å². The van der Waals surface area contributed by atoms with Gasteiger partial charge in [-0.1, -0.05) is 24.3 Å². The van der Waals surface area contributed by atoms with Crippen molar-refractivity contribution in [2.24, 2.45) is 0 Å². The summed E-state index contributed by atoms with van der Waals surface area (Å²) in [5.41, 5.74) is 2.02. The van der Waals surface area contributed by atoms with Gasteiger partial charge in [0.05, 0.1) is 6.61 Å². The Bertz CT molecular complexity index is 602. The van der Waals surface area contributed by atoms with Crippen molar-refractivity contribution in [3.63, 3.8) is 0 Å². The predicted octanol–water partition coefficient (Wildman–Crippen LogP) is 4.54. The molecule has 5 heteroatoms. The SMILES string of the molecule is CCOc1ccc(CNC(C)c2cccc(OC(F)F)c2)cc1. The molecule has 1 atom stereocenters. The first-order valence-corrected chi connectivity index (χ1v) is 7.58. The van der Waals surface area contributed by atoms with Crippen LogP contribution in [0.4, 0.5) is 8.78 Å². The molecule has 0 heterocycles. The molecule has 1 unspecified atom stereocenters. The molecular formula is C18H21F2NO2. The van der Waals surface area contributed by atoms with Crippen LogP contribution in [0.2, 0.25) is 0 Å². The largest absolute Gasteiger partial charge is 0.494 e. The number of hydrogen-bond donors (Lipinski definition) is 1. The zero-order valence-electron chi connectivity index (χ0n) is 13.3. The Hall–Kier alpha value is -2.14. The van der Waals surface area contributed by atoms with Crippen molar-refractivity contribution in [3.8, 4) is 11.5 Å². The lowest BCUT2D eigenvalue weighted by molar-refractivity contribution is -0.0499. The van der Waals surface area contributed by atoms with E-state index in [1.807, 2.05) is 44.2 Å². The summed E-state index contributed by atoms with van der Waals surface area (Å²) < 4.78 is 34.4. The average Bonchev–Trinajstić information content (AvgIpc) is 2.54. The van der Waals surface area contributed by atoms with E-state index in [0.717, 1.165) is 16.9 Å². The van der Waals surface area contributed by atoms with Crippen molar-refractivity contribution >= 4 is 0 Å². The lowest BCUT2D eigenvalue weighted by Crippen LogP contribution is -2.18. The van der Waals surface area contributed by atoms with Crippen molar-refractivity contribution < 1.29 is 18.3 Å². The molecule has 0 amide bonds. The minimum absolute atomic E-state index is 0.0165. The van der Waals surface area contributed by atoms with Gasteiger partial charge in [0.1, 0.15) is 11.5 Å². The Balaban J connectivity index is 1.92. The van der Waals surface area contributed by atoms with E-state index < -0.39 is 6.61 Å². The number of halogens is 2. The molecule has 0 saturated heterocycles. The fourth-order valence-corrected chi connectivity index (χ4v) is 2.22. The van der Waals surface area contributed by atoms with Gasteiger partial charge in [0.25, 0.3) is 0 Å². The van der Waals surface area contributed by atoms with Crippen molar-refractivity contribution in [2.45, 2.75) is 33.0 Å². The zero-order valence-corrected chi connectivity index (χ0v) is 13.3. The van der Waals surface area contributed by atoms with Gasteiger partial charge in [-0.2, -0.15) is 8.78 Å². The maximum Gasteiger partial charge on any atom is 0.387 e. The zero-order chi connectivity index (χ0) is 16.7. The number of benzene rings is 2. The van der Waals surface area contributed by atoms with Crippen molar-refractivity contribution in [3.05, 3.63) is 59.7 Å². The molecule has 0 bridgehead atoms. The topological polar surface area (TPSA) is 30.5 Å². The molecule has 2 aromatic rings. The summed E-state index contributed by atoms with van der Waals surface area (Å²) in [6.45, 7) is 2.44. The Morgan fingerprint density at radius 1 is 1.04 bits per heavy atom. The molecule has 0 fully saturated rings. The Kier molecular flexibility index (Phi) is 6.35. The molecule has 0 aliphatic carbocycles. The average molecular weight is 321 g/mol. The minimum atomic E-state index is -2.81. The smallest absolute Gasteiger partial charge is 0.387 e. The highest BCUT2D eigenvalue weighted by Crippen LogP contribution is 2.21. The number of alkyl halides is 2. The highest BCUT2D eigenvalue weighted by atomic mass is 19.3. The van der Waals surface area contributed by atoms with Gasteiger partial charge in [0.2, 0.25) is 0 Å². The first-order chi connectivity index (χ1) is 11.1. The summed E-state index contributed by atoms with van der Waals surface area (Å²) in [4.78, 5) is 0. The molecule has 0 aliphatic rings. The highest BCUT2D eigenvalue weighted by Gasteiger charge is 2.09. The fourth-order valence-electron chi connectivity index (χ4n) is 2.22. The molecule has 2 aromatic carbocycles. The predicted molar refractivity (Wildman–Crippen MR) is 85.9 cm³/mol. The van der Waals surface area contributed by atoms with E-state index in [2.05, 4.69) is 10.1 Å². The van der Waals surface area contributed by atoms with Crippen LogP contribution >= 0.6 is 0 Å². The van der Waals surface area contributed by atoms with Crippen molar-refractivity contribution in [2.75, 3.05) is 6.61 Å². The number of rotatable bonds is 8. The molecule has 0 saturated carbocycles. The Morgan fingerprint density at radius 2 is 1.78 bits per heavy atom. The summed E-state index contributed by atoms with van der Waals surface area (Å²) in [7, 11) is 0. The molecule has 124 valence electrons. The van der Waals surface area contributed by atoms with Crippen LogP contribution in [0.3, 0.4) is 0 Å². The van der Waals surface area contributed by atoms with Gasteiger partial charge in [-0.3, -0.25) is 0 Å². The van der Waals surface area contributed by atoms with Gasteiger partial charge in [-0.05, 0) is 49.2 Å². The number of ether oxygens (including phenoxy) is 2. The third-order valence-corrected chi connectivity index (χ3v) is 3.43. The summed E-state index contributed by atoms with van der Waals surface area (Å²) in [5.74, 6) is 1.02. The van der Waals surface area contributed by atoms with Crippen LogP contribution in [0.25, 0.3) is 0 Å². The molecular weight excluding hydrogens is 300 g/mol. The van der Waals surface area contributed by atoms with Gasteiger partial charge in [0.15, 0.2) is 0 Å². The van der Waals surface area contributed by atoms with E-state index in [4.69, 9.17) is 4.74 Å². The summed E-state index contributed by atoms with van der Waals surface area (Å²) in [5, 5.41) is 3.36. The molecule has 2 rings (SSSR count).